The quantitative estimate of drug-likeness (QED) is 0.873. The van der Waals surface area contributed by atoms with E-state index in [0.29, 0.717) is 29.5 Å². The summed E-state index contributed by atoms with van der Waals surface area (Å²) in [4.78, 5) is 13.5. The Morgan fingerprint density at radius 1 is 1.32 bits per heavy atom. The van der Waals surface area contributed by atoms with Gasteiger partial charge in [-0.05, 0) is 35.9 Å². The van der Waals surface area contributed by atoms with Crippen molar-refractivity contribution in [2.24, 2.45) is 0 Å². The molecule has 0 spiro atoms. The molecule has 0 saturated carbocycles. The number of fused-ring (bicyclic) bond motifs is 1. The van der Waals surface area contributed by atoms with Gasteiger partial charge in [0.05, 0.1) is 11.6 Å². The fourth-order valence-electron chi connectivity index (χ4n) is 2.43. The van der Waals surface area contributed by atoms with Crippen LogP contribution in [-0.2, 0) is 13.2 Å². The van der Waals surface area contributed by atoms with Gasteiger partial charge in [0, 0.05) is 29.7 Å². The Balaban J connectivity index is 1.74. The van der Waals surface area contributed by atoms with E-state index in [1.165, 1.54) is 0 Å². The maximum atomic E-state index is 11.8. The van der Waals surface area contributed by atoms with Gasteiger partial charge in [-0.2, -0.15) is 5.26 Å². The zero-order valence-corrected chi connectivity index (χ0v) is 12.7. The second-order valence-electron chi connectivity index (χ2n) is 5.19. The molecule has 3 rings (SSSR count). The normalized spacial score (nSPS) is 13.0. The van der Waals surface area contributed by atoms with Crippen molar-refractivity contribution < 1.29 is 9.53 Å². The summed E-state index contributed by atoms with van der Waals surface area (Å²) in [5, 5.41) is 9.33. The summed E-state index contributed by atoms with van der Waals surface area (Å²) in [6.07, 6.45) is 0. The van der Waals surface area contributed by atoms with Crippen molar-refractivity contribution in [3.05, 3.63) is 63.7 Å². The molecule has 2 aromatic rings. The molecule has 0 aliphatic carbocycles. The van der Waals surface area contributed by atoms with E-state index in [4.69, 9.17) is 21.6 Å². The number of carbonyl (C=O) groups is 1. The van der Waals surface area contributed by atoms with Crippen molar-refractivity contribution in [1.29, 1.82) is 5.26 Å². The minimum Gasteiger partial charge on any atom is -0.489 e. The molecule has 1 heterocycles. The third-order valence-corrected chi connectivity index (χ3v) is 3.99. The number of ether oxygens (including phenoxy) is 1. The zero-order valence-electron chi connectivity index (χ0n) is 12.0. The molecular formula is C17H13ClN2O2. The van der Waals surface area contributed by atoms with Crippen LogP contribution in [0.4, 0.5) is 0 Å². The predicted molar refractivity (Wildman–Crippen MR) is 82.7 cm³/mol. The van der Waals surface area contributed by atoms with Gasteiger partial charge in [0.2, 0.25) is 0 Å². The molecule has 1 aliphatic heterocycles. The van der Waals surface area contributed by atoms with Gasteiger partial charge in [0.1, 0.15) is 12.4 Å². The Hall–Kier alpha value is -2.51. The highest BCUT2D eigenvalue weighted by atomic mass is 35.5. The van der Waals surface area contributed by atoms with Crippen molar-refractivity contribution in [2.45, 2.75) is 13.2 Å². The maximum absolute atomic E-state index is 11.8. The van der Waals surface area contributed by atoms with Crippen LogP contribution in [0.25, 0.3) is 0 Å². The number of nitriles is 1. The number of rotatable bonds is 3. The van der Waals surface area contributed by atoms with Gasteiger partial charge >= 0.3 is 0 Å². The zero-order chi connectivity index (χ0) is 15.7. The molecule has 0 bridgehead atoms. The maximum Gasteiger partial charge on any atom is 0.254 e. The molecule has 0 N–H and O–H groups in total. The first kappa shape index (κ1) is 14.4. The monoisotopic (exact) mass is 312 g/mol. The van der Waals surface area contributed by atoms with Crippen molar-refractivity contribution in [3.63, 3.8) is 0 Å². The Bertz CT molecular complexity index is 796. The number of hydrogen-bond acceptors (Lipinski definition) is 3. The average molecular weight is 313 g/mol. The predicted octanol–water partition coefficient (Wildman–Crippen LogP) is 3.38. The molecule has 1 aliphatic rings. The molecule has 2 aromatic carbocycles. The minimum atomic E-state index is 0.0386. The Kier molecular flexibility index (Phi) is 3.74. The largest absolute Gasteiger partial charge is 0.489 e. The Morgan fingerprint density at radius 2 is 2.14 bits per heavy atom. The highest BCUT2D eigenvalue weighted by Crippen LogP contribution is 2.27. The van der Waals surface area contributed by atoms with Crippen LogP contribution >= 0.6 is 11.6 Å². The van der Waals surface area contributed by atoms with Gasteiger partial charge in [-0.25, -0.2) is 0 Å². The van der Waals surface area contributed by atoms with E-state index in [0.717, 1.165) is 16.7 Å². The molecule has 0 radical (unpaired) electrons. The number of amides is 1. The lowest BCUT2D eigenvalue weighted by atomic mass is 10.1. The molecule has 1 amide bonds. The van der Waals surface area contributed by atoms with Crippen molar-refractivity contribution in [2.75, 3.05) is 7.05 Å². The smallest absolute Gasteiger partial charge is 0.254 e. The van der Waals surface area contributed by atoms with E-state index in [2.05, 4.69) is 0 Å². The molecule has 0 atom stereocenters. The van der Waals surface area contributed by atoms with E-state index < -0.39 is 0 Å². The van der Waals surface area contributed by atoms with Crippen LogP contribution in [0.3, 0.4) is 0 Å². The first-order valence-corrected chi connectivity index (χ1v) is 7.16. The second-order valence-corrected chi connectivity index (χ2v) is 5.59. The standard InChI is InChI=1S/C17H13ClN2O2/c1-20-9-13-7-14(4-5-15(13)17(20)21)22-10-12-3-2-11(8-19)6-16(12)18/h2-7H,9-10H2,1H3. The van der Waals surface area contributed by atoms with E-state index in [9.17, 15) is 4.79 Å². The fraction of sp³-hybridized carbons (Fsp3) is 0.176. The van der Waals surface area contributed by atoms with Crippen LogP contribution < -0.4 is 4.74 Å². The van der Waals surface area contributed by atoms with Crippen molar-refractivity contribution in [3.8, 4) is 11.8 Å². The van der Waals surface area contributed by atoms with Crippen LogP contribution in [0, 0.1) is 11.3 Å². The topological polar surface area (TPSA) is 53.3 Å². The van der Waals surface area contributed by atoms with Gasteiger partial charge in [-0.3, -0.25) is 4.79 Å². The summed E-state index contributed by atoms with van der Waals surface area (Å²) < 4.78 is 5.74. The van der Waals surface area contributed by atoms with Crippen LogP contribution in [0.5, 0.6) is 5.75 Å². The first-order chi connectivity index (χ1) is 10.6. The highest BCUT2D eigenvalue weighted by Gasteiger charge is 2.24. The summed E-state index contributed by atoms with van der Waals surface area (Å²) in [6.45, 7) is 0.913. The average Bonchev–Trinajstić information content (AvgIpc) is 2.80. The molecule has 110 valence electrons. The van der Waals surface area contributed by atoms with E-state index in [1.807, 2.05) is 12.1 Å². The molecule has 5 heteroatoms. The van der Waals surface area contributed by atoms with Gasteiger partial charge < -0.3 is 9.64 Å². The molecule has 0 aromatic heterocycles. The summed E-state index contributed by atoms with van der Waals surface area (Å²) in [7, 11) is 1.78. The molecule has 0 fully saturated rings. The van der Waals surface area contributed by atoms with E-state index in [1.54, 1.807) is 42.3 Å². The van der Waals surface area contributed by atoms with E-state index in [-0.39, 0.29) is 5.91 Å². The first-order valence-electron chi connectivity index (χ1n) is 6.78. The lowest BCUT2D eigenvalue weighted by molar-refractivity contribution is 0.0816. The van der Waals surface area contributed by atoms with Crippen LogP contribution in [-0.4, -0.2) is 17.9 Å². The number of halogens is 1. The van der Waals surface area contributed by atoms with Gasteiger partial charge in [0.25, 0.3) is 5.91 Å². The summed E-state index contributed by atoms with van der Waals surface area (Å²) in [5.41, 5.74) is 3.03. The van der Waals surface area contributed by atoms with Gasteiger partial charge in [-0.15, -0.1) is 0 Å². The Labute approximate surface area is 133 Å². The van der Waals surface area contributed by atoms with Gasteiger partial charge in [-0.1, -0.05) is 17.7 Å². The SMILES string of the molecule is CN1Cc2cc(OCc3ccc(C#N)cc3Cl)ccc2C1=O. The molecule has 0 saturated heterocycles. The van der Waals surface area contributed by atoms with Crippen LogP contribution in [0.1, 0.15) is 27.0 Å². The third kappa shape index (κ3) is 2.63. The molecular weight excluding hydrogens is 300 g/mol. The van der Waals surface area contributed by atoms with Crippen LogP contribution in [0.2, 0.25) is 5.02 Å². The number of nitrogens with zero attached hydrogens (tertiary/aromatic N) is 2. The fourth-order valence-corrected chi connectivity index (χ4v) is 2.66. The summed E-state index contributed by atoms with van der Waals surface area (Å²) >= 11 is 6.12. The second kappa shape index (κ2) is 5.70. The number of benzene rings is 2. The summed E-state index contributed by atoms with van der Waals surface area (Å²) in [5.74, 6) is 0.735. The lowest BCUT2D eigenvalue weighted by Crippen LogP contribution is -2.17. The Morgan fingerprint density at radius 3 is 2.86 bits per heavy atom. The molecule has 0 unspecified atom stereocenters. The number of carbonyl (C=O) groups excluding carboxylic acids is 1. The van der Waals surface area contributed by atoms with Crippen molar-refractivity contribution in [1.82, 2.24) is 4.90 Å². The third-order valence-electron chi connectivity index (χ3n) is 3.64. The number of hydrogen-bond donors (Lipinski definition) is 0. The molecule has 22 heavy (non-hydrogen) atoms. The minimum absolute atomic E-state index is 0.0386. The molecule has 4 nitrogen and oxygen atoms in total. The van der Waals surface area contributed by atoms with Gasteiger partial charge in [0.15, 0.2) is 0 Å². The summed E-state index contributed by atoms with van der Waals surface area (Å²) in [6, 6.07) is 12.6. The lowest BCUT2D eigenvalue weighted by Gasteiger charge is -2.09. The van der Waals surface area contributed by atoms with Crippen molar-refractivity contribution >= 4 is 17.5 Å². The highest BCUT2D eigenvalue weighted by molar-refractivity contribution is 6.31. The van der Waals surface area contributed by atoms with E-state index >= 15 is 0 Å². The van der Waals surface area contributed by atoms with Crippen LogP contribution in [0.15, 0.2) is 36.4 Å².